The Balaban J connectivity index is 1.90. The van der Waals surface area contributed by atoms with Crippen LogP contribution in [0.2, 0.25) is 0 Å². The van der Waals surface area contributed by atoms with Crippen LogP contribution < -0.4 is 0 Å². The normalized spacial score (nSPS) is 18.8. The van der Waals surface area contributed by atoms with Crippen LogP contribution in [0.5, 0.6) is 0 Å². The predicted octanol–water partition coefficient (Wildman–Crippen LogP) is 5.95. The first kappa shape index (κ1) is 29.0. The lowest BCUT2D eigenvalue weighted by atomic mass is 9.77. The molecule has 0 aliphatic heterocycles. The number of ether oxygens (including phenoxy) is 2. The van der Waals surface area contributed by atoms with Gasteiger partial charge in [-0.2, -0.15) is 0 Å². The number of ketones is 1. The van der Waals surface area contributed by atoms with E-state index < -0.39 is 18.7 Å². The largest absolute Gasteiger partial charge is 0.460 e. The van der Waals surface area contributed by atoms with Crippen LogP contribution in [-0.4, -0.2) is 42.8 Å². The minimum Gasteiger partial charge on any atom is -0.460 e. The van der Waals surface area contributed by atoms with Crippen molar-refractivity contribution >= 4 is 11.8 Å². The van der Waals surface area contributed by atoms with Crippen molar-refractivity contribution < 1.29 is 24.2 Å². The molecule has 1 fully saturated rings. The van der Waals surface area contributed by atoms with Crippen LogP contribution in [0, 0.1) is 11.8 Å². The van der Waals surface area contributed by atoms with Crippen LogP contribution in [-0.2, 0) is 25.5 Å². The molecular weight excluding hydrogens is 440 g/mol. The third kappa shape index (κ3) is 10.5. The fourth-order valence-corrected chi connectivity index (χ4v) is 4.61. The quantitative estimate of drug-likeness (QED) is 0.246. The maximum atomic E-state index is 11.9. The number of aliphatic hydroxyl groups is 1. The van der Waals surface area contributed by atoms with Gasteiger partial charge in [-0.05, 0) is 67.1 Å². The highest BCUT2D eigenvalue weighted by Crippen LogP contribution is 2.38. The third-order valence-electron chi connectivity index (χ3n) is 6.96. The molecule has 0 heterocycles. The smallest absolute Gasteiger partial charge is 0.335 e. The highest BCUT2D eigenvalue weighted by atomic mass is 16.6. The molecule has 1 aromatic carbocycles. The summed E-state index contributed by atoms with van der Waals surface area (Å²) in [6.07, 6.45) is 9.23. The minimum atomic E-state index is -0.664. The molecule has 1 N–H and O–H groups in total. The number of benzene rings is 1. The zero-order valence-corrected chi connectivity index (χ0v) is 21.9. The van der Waals surface area contributed by atoms with Gasteiger partial charge in [0, 0.05) is 6.42 Å². The SMILES string of the molecule is C=C(C)C(=O)COC(COC(=O)C(=C)CO)Cc1ccc(C2CCC(CCCC(C)C)CC2)cc1. The van der Waals surface area contributed by atoms with Crippen LogP contribution in [0.25, 0.3) is 0 Å². The van der Waals surface area contributed by atoms with Crippen LogP contribution in [0.15, 0.2) is 48.6 Å². The monoisotopic (exact) mass is 484 g/mol. The van der Waals surface area contributed by atoms with Crippen LogP contribution in [0.3, 0.4) is 0 Å². The Morgan fingerprint density at radius 2 is 1.74 bits per heavy atom. The number of esters is 1. The molecule has 1 aliphatic carbocycles. The second-order valence-corrected chi connectivity index (χ2v) is 10.5. The summed E-state index contributed by atoms with van der Waals surface area (Å²) < 4.78 is 11.0. The standard InChI is InChI=1S/C30H44O5/c1-21(2)7-6-8-24-9-13-26(14-10-24)27-15-11-25(12-16-27)17-28(34-20-29(32)22(3)4)19-35-30(33)23(5)18-31/h11-12,15-16,21,24,26,28,31H,3,5-10,13-14,17-20H2,1-2,4H3. The Kier molecular flexibility index (Phi) is 12.4. The number of hydrogen-bond donors (Lipinski definition) is 1. The molecule has 0 aromatic heterocycles. The van der Waals surface area contributed by atoms with Gasteiger partial charge in [-0.15, -0.1) is 0 Å². The summed E-state index contributed by atoms with van der Waals surface area (Å²) in [5, 5.41) is 9.06. The number of hydrogen-bond acceptors (Lipinski definition) is 5. The molecular formula is C30H44O5. The van der Waals surface area contributed by atoms with Gasteiger partial charge in [0.15, 0.2) is 5.78 Å². The van der Waals surface area contributed by atoms with E-state index in [1.807, 2.05) is 0 Å². The summed E-state index contributed by atoms with van der Waals surface area (Å²) in [6.45, 7) is 12.8. The van der Waals surface area contributed by atoms with E-state index in [9.17, 15) is 9.59 Å². The van der Waals surface area contributed by atoms with Crippen molar-refractivity contribution in [3.8, 4) is 0 Å². The summed E-state index contributed by atoms with van der Waals surface area (Å²) in [5.41, 5.74) is 2.85. The summed E-state index contributed by atoms with van der Waals surface area (Å²) in [4.78, 5) is 23.8. The van der Waals surface area contributed by atoms with E-state index in [4.69, 9.17) is 14.6 Å². The zero-order chi connectivity index (χ0) is 25.8. The van der Waals surface area contributed by atoms with Crippen molar-refractivity contribution in [3.05, 3.63) is 59.7 Å². The molecule has 1 aromatic rings. The Labute approximate surface area is 211 Å². The molecule has 0 bridgehead atoms. The molecule has 0 amide bonds. The summed E-state index contributed by atoms with van der Waals surface area (Å²) in [7, 11) is 0. The van der Waals surface area contributed by atoms with E-state index in [1.165, 1.54) is 50.5 Å². The third-order valence-corrected chi connectivity index (χ3v) is 6.96. The number of Topliss-reactive ketones (excluding diaryl/α,β-unsaturated/α-hetero) is 1. The van der Waals surface area contributed by atoms with Gasteiger partial charge in [-0.3, -0.25) is 4.79 Å². The number of carbonyl (C=O) groups is 2. The molecule has 194 valence electrons. The van der Waals surface area contributed by atoms with Crippen LogP contribution in [0.4, 0.5) is 0 Å². The molecule has 5 nitrogen and oxygen atoms in total. The van der Waals surface area contributed by atoms with Crippen molar-refractivity contribution in [1.82, 2.24) is 0 Å². The van der Waals surface area contributed by atoms with Gasteiger partial charge in [0.25, 0.3) is 0 Å². The first-order valence-electron chi connectivity index (χ1n) is 13.0. The molecule has 35 heavy (non-hydrogen) atoms. The Morgan fingerprint density at radius 3 is 2.31 bits per heavy atom. The van der Waals surface area contributed by atoms with Gasteiger partial charge in [0.1, 0.15) is 13.2 Å². The molecule has 1 saturated carbocycles. The van der Waals surface area contributed by atoms with Gasteiger partial charge >= 0.3 is 5.97 Å². The number of aliphatic hydroxyl groups excluding tert-OH is 1. The first-order valence-corrected chi connectivity index (χ1v) is 13.0. The van der Waals surface area contributed by atoms with Gasteiger partial charge < -0.3 is 14.6 Å². The Bertz CT molecular complexity index is 831. The fourth-order valence-electron chi connectivity index (χ4n) is 4.61. The van der Waals surface area contributed by atoms with Gasteiger partial charge in [-0.25, -0.2) is 4.79 Å². The summed E-state index contributed by atoms with van der Waals surface area (Å²) in [6, 6.07) is 8.62. The number of carbonyl (C=O) groups excluding carboxylic acids is 2. The van der Waals surface area contributed by atoms with Gasteiger partial charge in [-0.1, -0.05) is 70.5 Å². The summed E-state index contributed by atoms with van der Waals surface area (Å²) in [5.74, 6) is 1.46. The average molecular weight is 485 g/mol. The second kappa shape index (κ2) is 15.0. The van der Waals surface area contributed by atoms with Crippen molar-refractivity contribution in [3.63, 3.8) is 0 Å². The molecule has 0 saturated heterocycles. The highest BCUT2D eigenvalue weighted by molar-refractivity contribution is 5.95. The Morgan fingerprint density at radius 1 is 1.09 bits per heavy atom. The second-order valence-electron chi connectivity index (χ2n) is 10.5. The molecule has 2 rings (SSSR count). The summed E-state index contributed by atoms with van der Waals surface area (Å²) >= 11 is 0. The molecule has 5 heteroatoms. The van der Waals surface area contributed by atoms with E-state index in [0.29, 0.717) is 17.9 Å². The minimum absolute atomic E-state index is 0.0132. The topological polar surface area (TPSA) is 72.8 Å². The van der Waals surface area contributed by atoms with Crippen LogP contribution in [0.1, 0.15) is 82.8 Å². The molecule has 1 atom stereocenters. The molecule has 1 unspecified atom stereocenters. The lowest BCUT2D eigenvalue weighted by Gasteiger charge is -2.29. The van der Waals surface area contributed by atoms with Crippen molar-refractivity contribution in [2.75, 3.05) is 19.8 Å². The average Bonchev–Trinajstić information content (AvgIpc) is 2.85. The maximum absolute atomic E-state index is 11.9. The molecule has 0 spiro atoms. The Hall–Kier alpha value is -2.24. The first-order chi connectivity index (χ1) is 16.7. The van der Waals surface area contributed by atoms with E-state index in [1.54, 1.807) is 6.92 Å². The highest BCUT2D eigenvalue weighted by Gasteiger charge is 2.23. The maximum Gasteiger partial charge on any atom is 0.335 e. The van der Waals surface area contributed by atoms with E-state index in [2.05, 4.69) is 51.3 Å². The fraction of sp³-hybridized carbons (Fsp3) is 0.600. The lowest BCUT2D eigenvalue weighted by molar-refractivity contribution is -0.144. The van der Waals surface area contributed by atoms with E-state index >= 15 is 0 Å². The van der Waals surface area contributed by atoms with Crippen molar-refractivity contribution in [1.29, 1.82) is 0 Å². The van der Waals surface area contributed by atoms with Gasteiger partial charge in [0.2, 0.25) is 0 Å². The zero-order valence-electron chi connectivity index (χ0n) is 21.9. The molecule has 1 aliphatic rings. The van der Waals surface area contributed by atoms with Crippen molar-refractivity contribution in [2.24, 2.45) is 11.8 Å². The van der Waals surface area contributed by atoms with Crippen molar-refractivity contribution in [2.45, 2.75) is 84.2 Å². The van der Waals surface area contributed by atoms with Gasteiger partial charge in [0.05, 0.1) is 18.3 Å². The lowest BCUT2D eigenvalue weighted by Crippen LogP contribution is -2.28. The molecule has 0 radical (unpaired) electrons. The number of rotatable bonds is 15. The van der Waals surface area contributed by atoms with E-state index in [0.717, 1.165) is 17.4 Å². The van der Waals surface area contributed by atoms with E-state index in [-0.39, 0.29) is 24.6 Å². The predicted molar refractivity (Wildman–Crippen MR) is 140 cm³/mol. The van der Waals surface area contributed by atoms with Crippen LogP contribution >= 0.6 is 0 Å².